The number of hydrogen-bond acceptors (Lipinski definition) is 5. The van der Waals surface area contributed by atoms with Gasteiger partial charge in [0.1, 0.15) is 17.0 Å². The topological polar surface area (TPSA) is 66.9 Å². The highest BCUT2D eigenvalue weighted by molar-refractivity contribution is 7.19. The maximum absolute atomic E-state index is 12.2. The highest BCUT2D eigenvalue weighted by Crippen LogP contribution is 2.37. The molecule has 1 aromatic carbocycles. The second-order valence-corrected chi connectivity index (χ2v) is 7.64. The summed E-state index contributed by atoms with van der Waals surface area (Å²) in [5, 5.41) is 7.29. The van der Waals surface area contributed by atoms with Crippen LogP contribution in [0.3, 0.4) is 0 Å². The smallest absolute Gasteiger partial charge is 0.239 e. The summed E-state index contributed by atoms with van der Waals surface area (Å²) in [4.78, 5) is 23.4. The molecule has 26 heavy (non-hydrogen) atoms. The average molecular weight is 366 g/mol. The molecule has 2 N–H and O–H groups in total. The predicted molar refractivity (Wildman–Crippen MR) is 106 cm³/mol. The second-order valence-electron chi connectivity index (χ2n) is 6.55. The Bertz CT molecular complexity index is 907. The van der Waals surface area contributed by atoms with Crippen LogP contribution in [0.5, 0.6) is 0 Å². The van der Waals surface area contributed by atoms with E-state index in [1.807, 2.05) is 18.2 Å². The first-order chi connectivity index (χ1) is 12.8. The number of aryl methyl sites for hydroxylation is 2. The van der Waals surface area contributed by atoms with Crippen molar-refractivity contribution in [3.05, 3.63) is 52.7 Å². The van der Waals surface area contributed by atoms with Crippen LogP contribution in [0.15, 0.2) is 36.7 Å². The number of anilines is 1. The molecule has 0 aliphatic heterocycles. The lowest BCUT2D eigenvalue weighted by Crippen LogP contribution is -2.31. The van der Waals surface area contributed by atoms with Crippen molar-refractivity contribution in [2.75, 3.05) is 18.4 Å². The molecule has 0 fully saturated rings. The molecule has 0 bridgehead atoms. The fourth-order valence-electron chi connectivity index (χ4n) is 3.44. The van der Waals surface area contributed by atoms with Crippen LogP contribution in [0.1, 0.15) is 28.8 Å². The molecule has 134 valence electrons. The number of thiophene rings is 1. The minimum Gasteiger partial charge on any atom is -0.360 e. The van der Waals surface area contributed by atoms with Crippen LogP contribution >= 0.6 is 11.3 Å². The number of nitrogens with zero attached hydrogens (tertiary/aromatic N) is 2. The number of nitrogens with one attached hydrogen (secondary N) is 2. The second kappa shape index (κ2) is 7.83. The van der Waals surface area contributed by atoms with Gasteiger partial charge < -0.3 is 10.6 Å². The van der Waals surface area contributed by atoms with E-state index in [0.29, 0.717) is 6.54 Å². The van der Waals surface area contributed by atoms with Gasteiger partial charge in [-0.3, -0.25) is 4.79 Å². The third-order valence-electron chi connectivity index (χ3n) is 4.75. The molecule has 0 atom stereocenters. The Morgan fingerprint density at radius 3 is 2.85 bits per heavy atom. The van der Waals surface area contributed by atoms with Crippen molar-refractivity contribution in [3.8, 4) is 0 Å². The van der Waals surface area contributed by atoms with Gasteiger partial charge in [0.2, 0.25) is 5.91 Å². The van der Waals surface area contributed by atoms with Crippen molar-refractivity contribution in [2.45, 2.75) is 32.1 Å². The average Bonchev–Trinajstić information content (AvgIpc) is 3.06. The van der Waals surface area contributed by atoms with Gasteiger partial charge in [-0.15, -0.1) is 11.3 Å². The fraction of sp³-hybridized carbons (Fsp3) is 0.350. The summed E-state index contributed by atoms with van der Waals surface area (Å²) in [7, 11) is 0. The number of rotatable bonds is 6. The molecule has 4 rings (SSSR count). The van der Waals surface area contributed by atoms with E-state index in [0.717, 1.165) is 35.3 Å². The summed E-state index contributed by atoms with van der Waals surface area (Å²) in [6, 6.07) is 10.2. The molecule has 6 heteroatoms. The summed E-state index contributed by atoms with van der Waals surface area (Å²) < 4.78 is 0. The number of amides is 1. The SMILES string of the molecule is O=C(CNc1ncnc2sc3c(c12)CCCC3)NCCc1ccccc1. The van der Waals surface area contributed by atoms with Gasteiger partial charge in [-0.2, -0.15) is 0 Å². The van der Waals surface area contributed by atoms with Crippen LogP contribution in [0.2, 0.25) is 0 Å². The van der Waals surface area contributed by atoms with Crippen molar-refractivity contribution in [3.63, 3.8) is 0 Å². The molecule has 3 aromatic rings. The molecule has 0 saturated heterocycles. The highest BCUT2D eigenvalue weighted by atomic mass is 32.1. The molecule has 0 saturated carbocycles. The first-order valence-electron chi connectivity index (χ1n) is 9.11. The Hall–Kier alpha value is -2.47. The zero-order chi connectivity index (χ0) is 17.8. The van der Waals surface area contributed by atoms with Crippen molar-refractivity contribution in [1.82, 2.24) is 15.3 Å². The normalized spacial score (nSPS) is 13.4. The van der Waals surface area contributed by atoms with E-state index in [2.05, 4.69) is 32.7 Å². The van der Waals surface area contributed by atoms with Gasteiger partial charge >= 0.3 is 0 Å². The first-order valence-corrected chi connectivity index (χ1v) is 9.92. The number of fused-ring (bicyclic) bond motifs is 3. The zero-order valence-electron chi connectivity index (χ0n) is 14.6. The van der Waals surface area contributed by atoms with E-state index in [1.54, 1.807) is 17.7 Å². The highest BCUT2D eigenvalue weighted by Gasteiger charge is 2.19. The van der Waals surface area contributed by atoms with Gasteiger partial charge in [-0.1, -0.05) is 30.3 Å². The van der Waals surface area contributed by atoms with E-state index in [4.69, 9.17) is 0 Å². The van der Waals surface area contributed by atoms with Crippen LogP contribution in [-0.4, -0.2) is 29.0 Å². The van der Waals surface area contributed by atoms with E-state index in [-0.39, 0.29) is 12.5 Å². The Balaban J connectivity index is 1.37. The first kappa shape index (κ1) is 17.0. The molecule has 1 aliphatic carbocycles. The van der Waals surface area contributed by atoms with Crippen LogP contribution in [0, 0.1) is 0 Å². The van der Waals surface area contributed by atoms with Crippen molar-refractivity contribution >= 4 is 33.3 Å². The van der Waals surface area contributed by atoms with Crippen LogP contribution < -0.4 is 10.6 Å². The van der Waals surface area contributed by atoms with Gasteiger partial charge in [0.25, 0.3) is 0 Å². The lowest BCUT2D eigenvalue weighted by Gasteiger charge is -2.12. The lowest BCUT2D eigenvalue weighted by molar-refractivity contribution is -0.119. The molecule has 0 spiro atoms. The number of benzene rings is 1. The molecule has 2 heterocycles. The Labute approximate surface area is 156 Å². The quantitative estimate of drug-likeness (QED) is 0.702. The van der Waals surface area contributed by atoms with Gasteiger partial charge in [0.15, 0.2) is 0 Å². The number of aromatic nitrogens is 2. The van der Waals surface area contributed by atoms with Gasteiger partial charge in [0, 0.05) is 11.4 Å². The summed E-state index contributed by atoms with van der Waals surface area (Å²) in [5.41, 5.74) is 2.60. The Kier molecular flexibility index (Phi) is 5.11. The molecule has 0 unspecified atom stereocenters. The summed E-state index contributed by atoms with van der Waals surface area (Å²) in [6.07, 6.45) is 7.10. The largest absolute Gasteiger partial charge is 0.360 e. The van der Waals surface area contributed by atoms with E-state index >= 15 is 0 Å². The molecule has 1 amide bonds. The molecular formula is C20H22N4OS. The summed E-state index contributed by atoms with van der Waals surface area (Å²) in [5.74, 6) is 0.768. The summed E-state index contributed by atoms with van der Waals surface area (Å²) >= 11 is 1.77. The van der Waals surface area contributed by atoms with E-state index < -0.39 is 0 Å². The van der Waals surface area contributed by atoms with Crippen LogP contribution in [0.4, 0.5) is 5.82 Å². The van der Waals surface area contributed by atoms with Crippen molar-refractivity contribution in [1.29, 1.82) is 0 Å². The number of carbonyl (C=O) groups excluding carboxylic acids is 1. The molecule has 5 nitrogen and oxygen atoms in total. The minimum absolute atomic E-state index is 0.0169. The molecule has 1 aliphatic rings. The Morgan fingerprint density at radius 1 is 1.12 bits per heavy atom. The maximum atomic E-state index is 12.2. The predicted octanol–water partition coefficient (Wildman–Crippen LogP) is 3.34. The van der Waals surface area contributed by atoms with Gasteiger partial charge in [0.05, 0.1) is 11.9 Å². The molecular weight excluding hydrogens is 344 g/mol. The molecule has 2 aromatic heterocycles. The lowest BCUT2D eigenvalue weighted by atomic mass is 9.97. The Morgan fingerprint density at radius 2 is 1.96 bits per heavy atom. The summed E-state index contributed by atoms with van der Waals surface area (Å²) in [6.45, 7) is 0.864. The van der Waals surface area contributed by atoms with Crippen molar-refractivity contribution in [2.24, 2.45) is 0 Å². The third kappa shape index (κ3) is 3.70. The monoisotopic (exact) mass is 366 g/mol. The zero-order valence-corrected chi connectivity index (χ0v) is 15.4. The van der Waals surface area contributed by atoms with Crippen LogP contribution in [-0.2, 0) is 24.1 Å². The minimum atomic E-state index is -0.0169. The van der Waals surface area contributed by atoms with Crippen molar-refractivity contribution < 1.29 is 4.79 Å². The standard InChI is InChI=1S/C20H22N4OS/c25-17(21-11-10-14-6-2-1-3-7-14)12-22-19-18-15-8-4-5-9-16(15)26-20(18)24-13-23-19/h1-3,6-7,13H,4-5,8-12H2,(H,21,25)(H,22,23,24). The van der Waals surface area contributed by atoms with Gasteiger partial charge in [-0.25, -0.2) is 9.97 Å². The fourth-order valence-corrected chi connectivity index (χ4v) is 4.67. The van der Waals surface area contributed by atoms with E-state index in [1.165, 1.54) is 28.8 Å². The molecule has 0 radical (unpaired) electrons. The number of carbonyl (C=O) groups is 1. The third-order valence-corrected chi connectivity index (χ3v) is 5.95. The van der Waals surface area contributed by atoms with E-state index in [9.17, 15) is 4.79 Å². The van der Waals surface area contributed by atoms with Gasteiger partial charge in [-0.05, 0) is 43.2 Å². The van der Waals surface area contributed by atoms with Crippen LogP contribution in [0.25, 0.3) is 10.2 Å². The number of hydrogen-bond donors (Lipinski definition) is 2. The maximum Gasteiger partial charge on any atom is 0.239 e.